The van der Waals surface area contributed by atoms with Gasteiger partial charge in [0, 0.05) is 56.0 Å². The van der Waals surface area contributed by atoms with E-state index < -0.39 is 16.1 Å². The van der Waals surface area contributed by atoms with Crippen LogP contribution in [0.1, 0.15) is 28.4 Å². The number of anilines is 2. The third-order valence-corrected chi connectivity index (χ3v) is 8.98. The number of rotatable bonds is 12. The topological polar surface area (TPSA) is 115 Å². The fourth-order valence-corrected chi connectivity index (χ4v) is 6.21. The maximum absolute atomic E-state index is 13.2. The summed E-state index contributed by atoms with van der Waals surface area (Å²) in [5.41, 5.74) is 5.04. The fourth-order valence-electron chi connectivity index (χ4n) is 5.10. The van der Waals surface area contributed by atoms with Gasteiger partial charge in [0.25, 0.3) is 10.0 Å². The van der Waals surface area contributed by atoms with Crippen LogP contribution in [0.25, 0.3) is 0 Å². The van der Waals surface area contributed by atoms with Gasteiger partial charge in [0.1, 0.15) is 0 Å². The SMILES string of the molecule is CN(CCc1ccccc1)C(=O)N1CCc2cc(S(=O)(=O)Nc3ccc(CCNC[C@H](O)c4cccnc4)cc3)ccc21. The molecule has 224 valence electrons. The first-order valence-corrected chi connectivity index (χ1v) is 15.9. The number of urea groups is 1. The highest BCUT2D eigenvalue weighted by Crippen LogP contribution is 2.31. The molecule has 0 saturated heterocycles. The van der Waals surface area contributed by atoms with E-state index >= 15 is 0 Å². The number of pyridine rings is 1. The molecule has 1 aromatic heterocycles. The number of fused-ring (bicyclic) bond motifs is 1. The van der Waals surface area contributed by atoms with Crippen molar-refractivity contribution in [2.45, 2.75) is 30.3 Å². The van der Waals surface area contributed by atoms with E-state index in [0.717, 1.165) is 35.2 Å². The quantitative estimate of drug-likeness (QED) is 0.208. The fraction of sp³-hybridized carbons (Fsp3) is 0.273. The van der Waals surface area contributed by atoms with E-state index in [-0.39, 0.29) is 10.9 Å². The zero-order valence-electron chi connectivity index (χ0n) is 24.2. The summed E-state index contributed by atoms with van der Waals surface area (Å²) in [4.78, 5) is 20.8. The normalized spacial score (nSPS) is 13.4. The predicted octanol–water partition coefficient (Wildman–Crippen LogP) is 4.41. The third-order valence-electron chi connectivity index (χ3n) is 7.60. The van der Waals surface area contributed by atoms with Crippen LogP contribution < -0.4 is 14.9 Å². The summed E-state index contributed by atoms with van der Waals surface area (Å²) in [7, 11) is -2.01. The first-order chi connectivity index (χ1) is 20.8. The van der Waals surface area contributed by atoms with Crippen LogP contribution in [-0.4, -0.2) is 62.7 Å². The highest BCUT2D eigenvalue weighted by Gasteiger charge is 2.28. The van der Waals surface area contributed by atoms with Crippen LogP contribution in [0, 0.1) is 0 Å². The number of benzene rings is 3. The van der Waals surface area contributed by atoms with Crippen molar-refractivity contribution in [1.29, 1.82) is 0 Å². The van der Waals surface area contributed by atoms with Gasteiger partial charge in [0.15, 0.2) is 0 Å². The Bertz CT molecular complexity index is 1620. The first kappa shape index (κ1) is 30.2. The molecule has 0 unspecified atom stereocenters. The van der Waals surface area contributed by atoms with E-state index in [1.807, 2.05) is 48.5 Å². The van der Waals surface area contributed by atoms with Crippen LogP contribution in [0.4, 0.5) is 16.2 Å². The molecule has 9 nitrogen and oxygen atoms in total. The van der Waals surface area contributed by atoms with Gasteiger partial charge >= 0.3 is 6.03 Å². The molecule has 10 heteroatoms. The van der Waals surface area contributed by atoms with E-state index in [2.05, 4.69) is 15.0 Å². The lowest BCUT2D eigenvalue weighted by molar-refractivity contribution is 0.174. The Morgan fingerprint density at radius 3 is 2.51 bits per heavy atom. The number of aliphatic hydroxyl groups excluding tert-OH is 1. The second-order valence-corrected chi connectivity index (χ2v) is 12.4. The molecule has 0 bridgehead atoms. The molecule has 1 atom stereocenters. The van der Waals surface area contributed by atoms with Gasteiger partial charge in [-0.1, -0.05) is 48.5 Å². The van der Waals surface area contributed by atoms with Crippen molar-refractivity contribution in [1.82, 2.24) is 15.2 Å². The van der Waals surface area contributed by atoms with Crippen LogP contribution in [0.2, 0.25) is 0 Å². The summed E-state index contributed by atoms with van der Waals surface area (Å²) in [5, 5.41) is 13.5. The number of aliphatic hydroxyl groups is 1. The lowest BCUT2D eigenvalue weighted by atomic mass is 10.1. The number of aromatic nitrogens is 1. The Kier molecular flexibility index (Phi) is 9.71. The minimum absolute atomic E-state index is 0.0941. The first-order valence-electron chi connectivity index (χ1n) is 14.4. The number of hydrogen-bond acceptors (Lipinski definition) is 6. The zero-order chi connectivity index (χ0) is 30.2. The van der Waals surface area contributed by atoms with Crippen molar-refractivity contribution in [3.63, 3.8) is 0 Å². The standard InChI is InChI=1S/C33H37N5O4S/c1-37(20-16-25-6-3-2-4-7-25)33(40)38-21-17-27-22-30(13-14-31(27)38)43(41,42)36-29-11-9-26(10-12-29)15-19-35-24-32(39)28-8-5-18-34-23-28/h2-14,18,22-23,32,35-36,39H,15-17,19-21,24H2,1H3/t32-/m0/s1. The molecule has 4 aromatic rings. The molecule has 3 N–H and O–H groups in total. The van der Waals surface area contributed by atoms with Gasteiger partial charge in [-0.05, 0) is 78.9 Å². The summed E-state index contributed by atoms with van der Waals surface area (Å²) >= 11 is 0. The zero-order valence-corrected chi connectivity index (χ0v) is 25.0. The summed E-state index contributed by atoms with van der Waals surface area (Å²) in [6, 6.07) is 25.8. The van der Waals surface area contributed by atoms with Crippen LogP contribution in [0.5, 0.6) is 0 Å². The third kappa shape index (κ3) is 7.78. The van der Waals surface area contributed by atoms with Crippen LogP contribution in [0.15, 0.2) is 102 Å². The lowest BCUT2D eigenvalue weighted by Gasteiger charge is -2.25. The summed E-state index contributed by atoms with van der Waals surface area (Å²) in [5.74, 6) is 0. The van der Waals surface area contributed by atoms with E-state index in [1.165, 1.54) is 5.56 Å². The van der Waals surface area contributed by atoms with Crippen molar-refractivity contribution in [2.24, 2.45) is 0 Å². The molecule has 1 aliphatic heterocycles. The van der Waals surface area contributed by atoms with Gasteiger partial charge in [-0.3, -0.25) is 14.6 Å². The smallest absolute Gasteiger partial charge is 0.324 e. The van der Waals surface area contributed by atoms with Gasteiger partial charge < -0.3 is 15.3 Å². The van der Waals surface area contributed by atoms with Crippen molar-refractivity contribution in [2.75, 3.05) is 42.8 Å². The Morgan fingerprint density at radius 1 is 1.00 bits per heavy atom. The second kappa shape index (κ2) is 13.8. The molecular formula is C33H37N5O4S. The monoisotopic (exact) mass is 599 g/mol. The summed E-state index contributed by atoms with van der Waals surface area (Å²) in [6.07, 6.45) is 4.79. The van der Waals surface area contributed by atoms with Crippen molar-refractivity contribution >= 4 is 27.4 Å². The van der Waals surface area contributed by atoms with E-state index in [1.54, 1.807) is 65.6 Å². The Balaban J connectivity index is 1.13. The highest BCUT2D eigenvalue weighted by molar-refractivity contribution is 7.92. The number of nitrogens with one attached hydrogen (secondary N) is 2. The number of sulfonamides is 1. The number of carbonyl (C=O) groups is 1. The Morgan fingerprint density at radius 2 is 1.77 bits per heavy atom. The average Bonchev–Trinajstić information content (AvgIpc) is 3.46. The molecule has 43 heavy (non-hydrogen) atoms. The highest BCUT2D eigenvalue weighted by atomic mass is 32.2. The van der Waals surface area contributed by atoms with Gasteiger partial charge in [-0.2, -0.15) is 0 Å². The molecular weight excluding hydrogens is 562 g/mol. The molecule has 1 aliphatic rings. The average molecular weight is 600 g/mol. The van der Waals surface area contributed by atoms with E-state index in [4.69, 9.17) is 0 Å². The second-order valence-electron chi connectivity index (χ2n) is 10.7. The minimum atomic E-state index is -3.81. The Labute approximate surface area is 253 Å². The molecule has 5 rings (SSSR count). The van der Waals surface area contributed by atoms with Crippen LogP contribution in [-0.2, 0) is 29.3 Å². The number of nitrogens with zero attached hydrogens (tertiary/aromatic N) is 3. The number of carbonyl (C=O) groups excluding carboxylic acids is 1. The maximum atomic E-state index is 13.2. The van der Waals surface area contributed by atoms with Gasteiger partial charge in [0.05, 0.1) is 11.0 Å². The van der Waals surface area contributed by atoms with Crippen molar-refractivity contribution < 1.29 is 18.3 Å². The number of likely N-dealkylation sites (N-methyl/N-ethyl adjacent to an activating group) is 1. The van der Waals surface area contributed by atoms with Crippen molar-refractivity contribution in [3.8, 4) is 0 Å². The molecule has 0 spiro atoms. The molecule has 0 aliphatic carbocycles. The predicted molar refractivity (Wildman–Crippen MR) is 169 cm³/mol. The lowest BCUT2D eigenvalue weighted by Crippen LogP contribution is -2.41. The maximum Gasteiger partial charge on any atom is 0.324 e. The molecule has 2 heterocycles. The summed E-state index contributed by atoms with van der Waals surface area (Å²) in [6.45, 7) is 2.19. The van der Waals surface area contributed by atoms with Gasteiger partial charge in [-0.15, -0.1) is 0 Å². The minimum Gasteiger partial charge on any atom is -0.387 e. The largest absolute Gasteiger partial charge is 0.387 e. The van der Waals surface area contributed by atoms with Crippen molar-refractivity contribution in [3.05, 3.63) is 120 Å². The van der Waals surface area contributed by atoms with Gasteiger partial charge in [-0.25, -0.2) is 13.2 Å². The van der Waals surface area contributed by atoms with Crippen LogP contribution >= 0.6 is 0 Å². The number of amides is 2. The number of hydrogen-bond donors (Lipinski definition) is 3. The van der Waals surface area contributed by atoms with Crippen LogP contribution in [0.3, 0.4) is 0 Å². The molecule has 3 aromatic carbocycles. The molecule has 0 radical (unpaired) electrons. The molecule has 2 amide bonds. The van der Waals surface area contributed by atoms with E-state index in [0.29, 0.717) is 38.3 Å². The van der Waals surface area contributed by atoms with E-state index in [9.17, 15) is 18.3 Å². The Hall–Kier alpha value is -4.25. The molecule has 0 fully saturated rings. The molecule has 0 saturated carbocycles. The van der Waals surface area contributed by atoms with Gasteiger partial charge in [0.2, 0.25) is 0 Å². The summed E-state index contributed by atoms with van der Waals surface area (Å²) < 4.78 is 29.0.